The molecule has 0 aliphatic rings. The van der Waals surface area contributed by atoms with E-state index in [9.17, 15) is 0 Å². The summed E-state index contributed by atoms with van der Waals surface area (Å²) in [5.41, 5.74) is 0. The van der Waals surface area contributed by atoms with E-state index in [1.165, 1.54) is 12.8 Å². The summed E-state index contributed by atoms with van der Waals surface area (Å²) in [4.78, 5) is 0. The monoisotopic (exact) mass is 248 g/mol. The van der Waals surface area contributed by atoms with E-state index in [0.717, 1.165) is 52.5 Å². The van der Waals surface area contributed by atoms with Crippen molar-refractivity contribution in [2.75, 3.05) is 39.6 Å². The van der Waals surface area contributed by atoms with Crippen molar-refractivity contribution in [2.24, 2.45) is 0 Å². The van der Waals surface area contributed by atoms with Crippen molar-refractivity contribution < 1.29 is 14.2 Å². The van der Waals surface area contributed by atoms with Gasteiger partial charge in [0.2, 0.25) is 0 Å². The molecule has 3 heteroatoms. The molecule has 0 fully saturated rings. The average Bonchev–Trinajstić information content (AvgIpc) is 2.34. The molecule has 0 saturated heterocycles. The third-order valence-corrected chi connectivity index (χ3v) is 2.06. The normalized spacial score (nSPS) is 9.88. The molecule has 0 saturated carbocycles. The van der Waals surface area contributed by atoms with Gasteiger partial charge in [-0.3, -0.25) is 0 Å². The lowest BCUT2D eigenvalue weighted by Gasteiger charge is -2.03. The van der Waals surface area contributed by atoms with Crippen molar-refractivity contribution in [3.05, 3.63) is 0 Å². The Kier molecular flexibility index (Phi) is 24.0. The van der Waals surface area contributed by atoms with Crippen molar-refractivity contribution >= 4 is 0 Å². The van der Waals surface area contributed by atoms with Gasteiger partial charge in [-0.2, -0.15) is 0 Å². The quantitative estimate of drug-likeness (QED) is 0.522. The Balaban J connectivity index is 0. The molecule has 106 valence electrons. The van der Waals surface area contributed by atoms with Crippen molar-refractivity contribution in [2.45, 2.75) is 53.4 Å². The number of ether oxygens (including phenoxy) is 3. The Morgan fingerprint density at radius 3 is 1.18 bits per heavy atom. The minimum Gasteiger partial charge on any atom is -0.382 e. The molecular weight excluding hydrogens is 216 g/mol. The van der Waals surface area contributed by atoms with Crippen LogP contribution in [0.2, 0.25) is 0 Å². The molecule has 0 atom stereocenters. The zero-order valence-corrected chi connectivity index (χ0v) is 12.3. The zero-order chi connectivity index (χ0) is 13.2. The van der Waals surface area contributed by atoms with E-state index < -0.39 is 0 Å². The summed E-state index contributed by atoms with van der Waals surface area (Å²) >= 11 is 0. The van der Waals surface area contributed by atoms with E-state index in [0.29, 0.717) is 0 Å². The molecule has 0 aliphatic heterocycles. The minimum absolute atomic E-state index is 0.754. The van der Waals surface area contributed by atoms with E-state index in [1.54, 1.807) is 0 Å². The molecule has 0 aliphatic carbocycles. The number of unbranched alkanes of at least 4 members (excludes halogenated alkanes) is 2. The van der Waals surface area contributed by atoms with Gasteiger partial charge in [-0.1, -0.05) is 26.7 Å². The highest BCUT2D eigenvalue weighted by molar-refractivity contribution is 4.35. The second kappa shape index (κ2) is 21.2. The van der Waals surface area contributed by atoms with Gasteiger partial charge in [0, 0.05) is 26.4 Å². The van der Waals surface area contributed by atoms with Gasteiger partial charge in [-0.25, -0.2) is 0 Å². The molecule has 0 aromatic rings. The lowest BCUT2D eigenvalue weighted by Crippen LogP contribution is -2.05. The molecule has 0 unspecified atom stereocenters. The van der Waals surface area contributed by atoms with Crippen LogP contribution in [0, 0.1) is 0 Å². The summed E-state index contributed by atoms with van der Waals surface area (Å²) in [5.74, 6) is 0. The SMILES string of the molecule is CCCCOCCOCCCC.CCOCC. The zero-order valence-electron chi connectivity index (χ0n) is 12.3. The van der Waals surface area contributed by atoms with E-state index in [4.69, 9.17) is 14.2 Å². The van der Waals surface area contributed by atoms with Crippen molar-refractivity contribution in [1.82, 2.24) is 0 Å². The van der Waals surface area contributed by atoms with E-state index in [2.05, 4.69) is 13.8 Å². The lowest BCUT2D eigenvalue weighted by molar-refractivity contribution is 0.0457. The Morgan fingerprint density at radius 2 is 0.941 bits per heavy atom. The van der Waals surface area contributed by atoms with Crippen LogP contribution in [0.25, 0.3) is 0 Å². The first kappa shape index (κ1) is 19.2. The van der Waals surface area contributed by atoms with Gasteiger partial charge in [0.15, 0.2) is 0 Å². The Labute approximate surface area is 108 Å². The van der Waals surface area contributed by atoms with Crippen LogP contribution in [-0.2, 0) is 14.2 Å². The van der Waals surface area contributed by atoms with Gasteiger partial charge < -0.3 is 14.2 Å². The maximum atomic E-state index is 5.33. The minimum atomic E-state index is 0.754. The first-order chi connectivity index (χ1) is 8.33. The summed E-state index contributed by atoms with van der Waals surface area (Å²) in [6.07, 6.45) is 4.73. The number of hydrogen-bond acceptors (Lipinski definition) is 3. The van der Waals surface area contributed by atoms with Crippen LogP contribution < -0.4 is 0 Å². The predicted molar refractivity (Wildman–Crippen MR) is 73.6 cm³/mol. The van der Waals surface area contributed by atoms with E-state index in [1.807, 2.05) is 13.8 Å². The van der Waals surface area contributed by atoms with Crippen LogP contribution in [-0.4, -0.2) is 39.6 Å². The predicted octanol–water partition coefficient (Wildman–Crippen LogP) is 3.66. The van der Waals surface area contributed by atoms with Gasteiger partial charge in [0.05, 0.1) is 13.2 Å². The molecule has 0 aromatic heterocycles. The smallest absolute Gasteiger partial charge is 0.0700 e. The first-order valence-electron chi connectivity index (χ1n) is 7.06. The van der Waals surface area contributed by atoms with E-state index >= 15 is 0 Å². The molecule has 17 heavy (non-hydrogen) atoms. The maximum Gasteiger partial charge on any atom is 0.0700 e. The van der Waals surface area contributed by atoms with E-state index in [-0.39, 0.29) is 0 Å². The van der Waals surface area contributed by atoms with Crippen molar-refractivity contribution in [1.29, 1.82) is 0 Å². The molecule has 0 rings (SSSR count). The fourth-order valence-electron chi connectivity index (χ4n) is 1.02. The molecule has 0 aromatic carbocycles. The highest BCUT2D eigenvalue weighted by atomic mass is 16.5. The van der Waals surface area contributed by atoms with Gasteiger partial charge >= 0.3 is 0 Å². The average molecular weight is 248 g/mol. The highest BCUT2D eigenvalue weighted by Gasteiger charge is 1.88. The Bertz CT molecular complexity index is 95.6. The molecule has 0 heterocycles. The first-order valence-corrected chi connectivity index (χ1v) is 7.06. The second-order valence-electron chi connectivity index (χ2n) is 3.71. The molecule has 0 radical (unpaired) electrons. The number of hydrogen-bond donors (Lipinski definition) is 0. The molecule has 0 spiro atoms. The number of rotatable bonds is 11. The molecule has 0 amide bonds. The summed E-state index contributed by atoms with van der Waals surface area (Å²) < 4.78 is 15.5. The van der Waals surface area contributed by atoms with Gasteiger partial charge in [0.25, 0.3) is 0 Å². The molecule has 0 N–H and O–H groups in total. The van der Waals surface area contributed by atoms with Crippen LogP contribution in [0.1, 0.15) is 53.4 Å². The summed E-state index contributed by atoms with van der Waals surface area (Å²) in [7, 11) is 0. The lowest BCUT2D eigenvalue weighted by atomic mass is 10.4. The summed E-state index contributed by atoms with van der Waals surface area (Å²) in [6.45, 7) is 13.3. The topological polar surface area (TPSA) is 27.7 Å². The molecule has 0 bridgehead atoms. The third kappa shape index (κ3) is 25.8. The van der Waals surface area contributed by atoms with Crippen molar-refractivity contribution in [3.8, 4) is 0 Å². The largest absolute Gasteiger partial charge is 0.382 e. The van der Waals surface area contributed by atoms with Crippen LogP contribution >= 0.6 is 0 Å². The van der Waals surface area contributed by atoms with Gasteiger partial charge in [0.1, 0.15) is 0 Å². The maximum absolute atomic E-state index is 5.33. The standard InChI is InChI=1S/C10H22O2.C4H10O/c1-3-5-7-11-9-10-12-8-6-4-2;1-3-5-4-2/h3-10H2,1-2H3;3-4H2,1-2H3. The fraction of sp³-hybridized carbons (Fsp3) is 1.00. The Hall–Kier alpha value is -0.120. The second-order valence-corrected chi connectivity index (χ2v) is 3.71. The van der Waals surface area contributed by atoms with Crippen LogP contribution in [0.4, 0.5) is 0 Å². The third-order valence-electron chi connectivity index (χ3n) is 2.06. The van der Waals surface area contributed by atoms with Crippen molar-refractivity contribution in [3.63, 3.8) is 0 Å². The van der Waals surface area contributed by atoms with Crippen LogP contribution in [0.5, 0.6) is 0 Å². The molecular formula is C14H32O3. The fourth-order valence-corrected chi connectivity index (χ4v) is 1.02. The van der Waals surface area contributed by atoms with Gasteiger partial charge in [-0.05, 0) is 26.7 Å². The van der Waals surface area contributed by atoms with Crippen LogP contribution in [0.3, 0.4) is 0 Å². The van der Waals surface area contributed by atoms with Gasteiger partial charge in [-0.15, -0.1) is 0 Å². The Morgan fingerprint density at radius 1 is 0.529 bits per heavy atom. The highest BCUT2D eigenvalue weighted by Crippen LogP contribution is 1.90. The van der Waals surface area contributed by atoms with Crippen LogP contribution in [0.15, 0.2) is 0 Å². The summed E-state index contributed by atoms with van der Waals surface area (Å²) in [6, 6.07) is 0. The summed E-state index contributed by atoms with van der Waals surface area (Å²) in [5, 5.41) is 0. The molecule has 3 nitrogen and oxygen atoms in total.